The summed E-state index contributed by atoms with van der Waals surface area (Å²) in [6, 6.07) is 3.24. The van der Waals surface area contributed by atoms with Gasteiger partial charge in [0, 0.05) is 31.7 Å². The highest BCUT2D eigenvalue weighted by atomic mass is 35.5. The minimum absolute atomic E-state index is 0.146. The monoisotopic (exact) mass is 334 g/mol. The molecule has 23 heavy (non-hydrogen) atoms. The highest BCUT2D eigenvalue weighted by Crippen LogP contribution is 2.25. The van der Waals surface area contributed by atoms with Gasteiger partial charge in [-0.05, 0) is 31.9 Å². The van der Waals surface area contributed by atoms with E-state index in [9.17, 15) is 4.79 Å². The molecule has 1 aliphatic heterocycles. The average Bonchev–Trinajstić information content (AvgIpc) is 3.06. The van der Waals surface area contributed by atoms with E-state index >= 15 is 0 Å². The molecule has 2 aromatic rings. The Morgan fingerprint density at radius 1 is 1.48 bits per heavy atom. The zero-order chi connectivity index (χ0) is 16.2. The minimum Gasteiger partial charge on any atom is -0.324 e. The van der Waals surface area contributed by atoms with Crippen molar-refractivity contribution in [2.24, 2.45) is 0 Å². The van der Waals surface area contributed by atoms with E-state index < -0.39 is 0 Å². The smallest absolute Gasteiger partial charge is 0.323 e. The number of carbonyl (C=O) groups excluding carboxylic acids is 1. The number of carbonyl (C=O) groups is 1. The maximum atomic E-state index is 12.4. The van der Waals surface area contributed by atoms with Crippen molar-refractivity contribution in [1.29, 1.82) is 0 Å². The average molecular weight is 335 g/mol. The first-order chi connectivity index (χ1) is 11.2. The van der Waals surface area contributed by atoms with Gasteiger partial charge in [-0.3, -0.25) is 5.32 Å². The first-order valence-electron chi connectivity index (χ1n) is 7.72. The van der Waals surface area contributed by atoms with Crippen LogP contribution in [0.5, 0.6) is 0 Å². The summed E-state index contributed by atoms with van der Waals surface area (Å²) in [5.74, 6) is 1.67. The number of hydrogen-bond donors (Lipinski definition) is 1. The highest BCUT2D eigenvalue weighted by molar-refractivity contribution is 6.30. The van der Waals surface area contributed by atoms with Crippen LogP contribution >= 0.6 is 11.6 Å². The molecule has 0 radical (unpaired) electrons. The molecule has 8 heteroatoms. The van der Waals surface area contributed by atoms with Gasteiger partial charge in [0.2, 0.25) is 0 Å². The molecule has 0 spiro atoms. The number of halogens is 1. The quantitative estimate of drug-likeness (QED) is 0.936. The summed E-state index contributed by atoms with van der Waals surface area (Å²) in [7, 11) is 0. The summed E-state index contributed by atoms with van der Waals surface area (Å²) < 4.78 is 2.03. The largest absolute Gasteiger partial charge is 0.324 e. The lowest BCUT2D eigenvalue weighted by atomic mass is 9.97. The lowest BCUT2D eigenvalue weighted by Crippen LogP contribution is -2.42. The predicted molar refractivity (Wildman–Crippen MR) is 87.5 cm³/mol. The molecule has 0 unspecified atom stereocenters. The molecule has 2 aromatic heterocycles. The summed E-state index contributed by atoms with van der Waals surface area (Å²) in [6.07, 6.45) is 5.22. The fourth-order valence-electron chi connectivity index (χ4n) is 2.83. The third-order valence-electron chi connectivity index (χ3n) is 4.02. The van der Waals surface area contributed by atoms with E-state index in [1.165, 1.54) is 6.20 Å². The van der Waals surface area contributed by atoms with E-state index in [1.54, 1.807) is 23.4 Å². The van der Waals surface area contributed by atoms with E-state index in [-0.39, 0.29) is 11.9 Å². The number of anilines is 1. The van der Waals surface area contributed by atoms with Gasteiger partial charge in [-0.25, -0.2) is 9.78 Å². The molecule has 122 valence electrons. The number of amides is 2. The molecule has 0 aromatic carbocycles. The molecule has 3 heterocycles. The predicted octanol–water partition coefficient (Wildman–Crippen LogP) is 2.76. The van der Waals surface area contributed by atoms with Crippen LogP contribution in [0, 0.1) is 0 Å². The fraction of sp³-hybridized carbons (Fsp3) is 0.467. The minimum atomic E-state index is -0.146. The van der Waals surface area contributed by atoms with Crippen LogP contribution in [0.4, 0.5) is 10.6 Å². The lowest BCUT2D eigenvalue weighted by Gasteiger charge is -2.32. The van der Waals surface area contributed by atoms with E-state index in [0.717, 1.165) is 31.8 Å². The SMILES string of the molecule is CCn1cnnc1[C@@H]1CCCN(C(=O)Nc2ccc(Cl)cn2)C1. The van der Waals surface area contributed by atoms with Crippen molar-refractivity contribution in [2.75, 3.05) is 18.4 Å². The van der Waals surface area contributed by atoms with Crippen molar-refractivity contribution >= 4 is 23.4 Å². The maximum Gasteiger partial charge on any atom is 0.323 e. The van der Waals surface area contributed by atoms with Crippen molar-refractivity contribution in [3.8, 4) is 0 Å². The van der Waals surface area contributed by atoms with Crippen LogP contribution in [0.15, 0.2) is 24.7 Å². The van der Waals surface area contributed by atoms with Crippen molar-refractivity contribution in [3.63, 3.8) is 0 Å². The summed E-state index contributed by atoms with van der Waals surface area (Å²) in [6.45, 7) is 4.26. The Balaban J connectivity index is 1.66. The Kier molecular flexibility index (Phi) is 4.76. The summed E-state index contributed by atoms with van der Waals surface area (Å²) >= 11 is 5.80. The second-order valence-corrected chi connectivity index (χ2v) is 5.99. The molecule has 1 saturated heterocycles. The fourth-order valence-corrected chi connectivity index (χ4v) is 2.95. The number of aromatic nitrogens is 4. The number of piperidine rings is 1. The second-order valence-electron chi connectivity index (χ2n) is 5.55. The van der Waals surface area contributed by atoms with Crippen LogP contribution in [-0.2, 0) is 6.54 Å². The molecule has 1 aliphatic rings. The molecule has 1 atom stereocenters. The van der Waals surface area contributed by atoms with Crippen LogP contribution in [-0.4, -0.2) is 43.8 Å². The lowest BCUT2D eigenvalue weighted by molar-refractivity contribution is 0.190. The van der Waals surface area contributed by atoms with Gasteiger partial charge >= 0.3 is 6.03 Å². The van der Waals surface area contributed by atoms with Crippen LogP contribution in [0.1, 0.15) is 31.5 Å². The van der Waals surface area contributed by atoms with Crippen molar-refractivity contribution in [2.45, 2.75) is 32.2 Å². The Labute approximate surface area is 139 Å². The Morgan fingerprint density at radius 2 is 2.35 bits per heavy atom. The molecule has 2 amide bonds. The number of likely N-dealkylation sites (tertiary alicyclic amines) is 1. The van der Waals surface area contributed by atoms with Gasteiger partial charge in [-0.1, -0.05) is 11.6 Å². The van der Waals surface area contributed by atoms with E-state index in [4.69, 9.17) is 11.6 Å². The first kappa shape index (κ1) is 15.7. The van der Waals surface area contributed by atoms with Gasteiger partial charge in [0.05, 0.1) is 5.02 Å². The van der Waals surface area contributed by atoms with Gasteiger partial charge in [-0.15, -0.1) is 10.2 Å². The number of pyridine rings is 1. The summed E-state index contributed by atoms with van der Waals surface area (Å²) in [4.78, 5) is 18.3. The molecule has 0 bridgehead atoms. The topological polar surface area (TPSA) is 75.9 Å². The van der Waals surface area contributed by atoms with Crippen molar-refractivity contribution < 1.29 is 4.79 Å². The normalized spacial score (nSPS) is 18.0. The third kappa shape index (κ3) is 3.61. The Bertz CT molecular complexity index is 671. The van der Waals surface area contributed by atoms with Crippen LogP contribution in [0.3, 0.4) is 0 Å². The number of hydrogen-bond acceptors (Lipinski definition) is 4. The number of nitrogens with zero attached hydrogens (tertiary/aromatic N) is 5. The van der Waals surface area contributed by atoms with Gasteiger partial charge < -0.3 is 9.47 Å². The van der Waals surface area contributed by atoms with Crippen molar-refractivity contribution in [1.82, 2.24) is 24.6 Å². The van der Waals surface area contributed by atoms with E-state index in [2.05, 4.69) is 27.4 Å². The number of rotatable bonds is 3. The van der Waals surface area contributed by atoms with Gasteiger partial charge in [0.1, 0.15) is 18.0 Å². The molecule has 3 rings (SSSR count). The first-order valence-corrected chi connectivity index (χ1v) is 8.10. The number of nitrogens with one attached hydrogen (secondary N) is 1. The Hall–Kier alpha value is -2.15. The maximum absolute atomic E-state index is 12.4. The number of aryl methyl sites for hydroxylation is 1. The number of urea groups is 1. The third-order valence-corrected chi connectivity index (χ3v) is 4.25. The summed E-state index contributed by atoms with van der Waals surface area (Å²) in [5, 5.41) is 11.6. The van der Waals surface area contributed by atoms with E-state index in [0.29, 0.717) is 17.4 Å². The van der Waals surface area contributed by atoms with E-state index in [1.807, 2.05) is 4.57 Å². The molecule has 0 saturated carbocycles. The molecular formula is C15H19ClN6O. The van der Waals surface area contributed by atoms with Crippen LogP contribution < -0.4 is 5.32 Å². The van der Waals surface area contributed by atoms with Gasteiger partial charge in [0.25, 0.3) is 0 Å². The second kappa shape index (κ2) is 6.95. The Morgan fingerprint density at radius 3 is 3.09 bits per heavy atom. The molecule has 1 N–H and O–H groups in total. The van der Waals surface area contributed by atoms with Crippen molar-refractivity contribution in [3.05, 3.63) is 35.5 Å². The summed E-state index contributed by atoms with van der Waals surface area (Å²) in [5.41, 5.74) is 0. The highest BCUT2D eigenvalue weighted by Gasteiger charge is 2.27. The standard InChI is InChI=1S/C15H19ClN6O/c1-2-21-10-18-20-14(21)11-4-3-7-22(9-11)15(23)19-13-6-5-12(16)8-17-13/h5-6,8,10-11H,2-4,7,9H2,1H3,(H,17,19,23)/t11-/m1/s1. The van der Waals surface area contributed by atoms with Gasteiger partial charge in [-0.2, -0.15) is 0 Å². The zero-order valence-electron chi connectivity index (χ0n) is 12.9. The molecule has 7 nitrogen and oxygen atoms in total. The molecule has 1 fully saturated rings. The molecular weight excluding hydrogens is 316 g/mol. The zero-order valence-corrected chi connectivity index (χ0v) is 13.7. The van der Waals surface area contributed by atoms with Crippen LogP contribution in [0.25, 0.3) is 0 Å². The van der Waals surface area contributed by atoms with Crippen LogP contribution in [0.2, 0.25) is 5.02 Å². The molecule has 0 aliphatic carbocycles. The van der Waals surface area contributed by atoms with Gasteiger partial charge in [0.15, 0.2) is 0 Å².